The maximum absolute atomic E-state index is 11.8. The molecule has 82 valence electrons. The molecule has 0 bridgehead atoms. The van der Waals surface area contributed by atoms with Crippen molar-refractivity contribution in [2.45, 2.75) is 33.2 Å². The van der Waals surface area contributed by atoms with Gasteiger partial charge in [0.25, 0.3) is 0 Å². The molecule has 1 aromatic carbocycles. The molecule has 15 heavy (non-hydrogen) atoms. The van der Waals surface area contributed by atoms with E-state index in [0.717, 1.165) is 5.56 Å². The Kier molecular flexibility index (Phi) is 3.64. The Bertz CT molecular complexity index is 324. The Morgan fingerprint density at radius 2 is 1.80 bits per heavy atom. The van der Waals surface area contributed by atoms with Crippen molar-refractivity contribution < 1.29 is 4.79 Å². The van der Waals surface area contributed by atoms with Gasteiger partial charge in [-0.3, -0.25) is 4.79 Å². The van der Waals surface area contributed by atoms with E-state index in [9.17, 15) is 4.79 Å². The fourth-order valence-electron chi connectivity index (χ4n) is 1.39. The minimum Gasteiger partial charge on any atom is -0.321 e. The molecule has 0 amide bonds. The predicted molar refractivity (Wildman–Crippen MR) is 62.6 cm³/mol. The quantitative estimate of drug-likeness (QED) is 0.821. The Balaban J connectivity index is 2.65. The molecule has 0 aliphatic rings. The second kappa shape index (κ2) is 4.58. The standard InChI is InChI=1S/C13H19NO/c1-13(2,3)12(14)11(15)9-10-7-5-4-6-8-10/h4-8,12H,9,14H2,1-3H3. The van der Waals surface area contributed by atoms with E-state index in [-0.39, 0.29) is 11.2 Å². The lowest BCUT2D eigenvalue weighted by atomic mass is 9.83. The minimum atomic E-state index is -0.391. The second-order valence-corrected chi connectivity index (χ2v) is 4.97. The Labute approximate surface area is 91.5 Å². The summed E-state index contributed by atoms with van der Waals surface area (Å²) >= 11 is 0. The normalized spacial score (nSPS) is 13.6. The number of hydrogen-bond donors (Lipinski definition) is 1. The molecule has 1 rings (SSSR count). The molecular formula is C13H19NO. The zero-order valence-electron chi connectivity index (χ0n) is 9.66. The molecule has 0 heterocycles. The lowest BCUT2D eigenvalue weighted by Gasteiger charge is -2.25. The predicted octanol–water partition coefficient (Wildman–Crippen LogP) is 2.17. The van der Waals surface area contributed by atoms with Crippen molar-refractivity contribution in [3.8, 4) is 0 Å². The summed E-state index contributed by atoms with van der Waals surface area (Å²) in [5, 5.41) is 0. The lowest BCUT2D eigenvalue weighted by molar-refractivity contribution is -0.121. The van der Waals surface area contributed by atoms with Crippen LogP contribution in [0.3, 0.4) is 0 Å². The Morgan fingerprint density at radius 3 is 2.27 bits per heavy atom. The summed E-state index contributed by atoms with van der Waals surface area (Å²) < 4.78 is 0. The largest absolute Gasteiger partial charge is 0.321 e. The highest BCUT2D eigenvalue weighted by Crippen LogP contribution is 2.19. The van der Waals surface area contributed by atoms with Gasteiger partial charge in [-0.05, 0) is 11.0 Å². The molecule has 2 N–H and O–H groups in total. The summed E-state index contributed by atoms with van der Waals surface area (Å²) in [6.07, 6.45) is 0.430. The highest BCUT2D eigenvalue weighted by molar-refractivity contribution is 5.86. The van der Waals surface area contributed by atoms with Gasteiger partial charge in [-0.25, -0.2) is 0 Å². The van der Waals surface area contributed by atoms with Gasteiger partial charge >= 0.3 is 0 Å². The molecule has 0 aliphatic heterocycles. The lowest BCUT2D eigenvalue weighted by Crippen LogP contribution is -2.43. The molecule has 0 aliphatic carbocycles. The first-order valence-corrected chi connectivity index (χ1v) is 5.23. The van der Waals surface area contributed by atoms with Crippen LogP contribution in [0.2, 0.25) is 0 Å². The summed E-state index contributed by atoms with van der Waals surface area (Å²) in [5.41, 5.74) is 6.76. The van der Waals surface area contributed by atoms with Gasteiger partial charge in [0.1, 0.15) is 0 Å². The van der Waals surface area contributed by atoms with Gasteiger partial charge in [0.05, 0.1) is 6.04 Å². The first kappa shape index (κ1) is 11.9. The van der Waals surface area contributed by atoms with Crippen molar-refractivity contribution in [1.82, 2.24) is 0 Å². The van der Waals surface area contributed by atoms with Gasteiger partial charge in [-0.2, -0.15) is 0 Å². The van der Waals surface area contributed by atoms with E-state index < -0.39 is 6.04 Å². The van der Waals surface area contributed by atoms with E-state index in [2.05, 4.69) is 0 Å². The fraction of sp³-hybridized carbons (Fsp3) is 0.462. The highest BCUT2D eigenvalue weighted by atomic mass is 16.1. The molecule has 2 nitrogen and oxygen atoms in total. The van der Waals surface area contributed by atoms with E-state index in [4.69, 9.17) is 5.73 Å². The third kappa shape index (κ3) is 3.48. The van der Waals surface area contributed by atoms with Gasteiger partial charge in [0.15, 0.2) is 5.78 Å². The van der Waals surface area contributed by atoms with Gasteiger partial charge in [-0.15, -0.1) is 0 Å². The number of hydrogen-bond acceptors (Lipinski definition) is 2. The van der Waals surface area contributed by atoms with Crippen molar-refractivity contribution >= 4 is 5.78 Å². The number of carbonyl (C=O) groups excluding carboxylic acids is 1. The van der Waals surface area contributed by atoms with Gasteiger partial charge in [0.2, 0.25) is 0 Å². The number of nitrogens with two attached hydrogens (primary N) is 1. The fourth-order valence-corrected chi connectivity index (χ4v) is 1.39. The van der Waals surface area contributed by atoms with Crippen molar-refractivity contribution in [2.75, 3.05) is 0 Å². The summed E-state index contributed by atoms with van der Waals surface area (Å²) in [6, 6.07) is 9.33. The van der Waals surface area contributed by atoms with Crippen LogP contribution in [0.15, 0.2) is 30.3 Å². The van der Waals surface area contributed by atoms with Gasteiger partial charge < -0.3 is 5.73 Å². The molecule has 1 unspecified atom stereocenters. The molecule has 0 aromatic heterocycles. The highest BCUT2D eigenvalue weighted by Gasteiger charge is 2.26. The van der Waals surface area contributed by atoms with Crippen LogP contribution in [0.4, 0.5) is 0 Å². The Hall–Kier alpha value is -1.15. The van der Waals surface area contributed by atoms with Crippen LogP contribution in [0.1, 0.15) is 26.3 Å². The molecule has 0 spiro atoms. The van der Waals surface area contributed by atoms with Gasteiger partial charge in [-0.1, -0.05) is 51.1 Å². The number of ketones is 1. The first-order valence-electron chi connectivity index (χ1n) is 5.23. The van der Waals surface area contributed by atoms with Crippen LogP contribution in [0, 0.1) is 5.41 Å². The van der Waals surface area contributed by atoms with Crippen LogP contribution in [0.5, 0.6) is 0 Å². The SMILES string of the molecule is CC(C)(C)C(N)C(=O)Cc1ccccc1. The van der Waals surface area contributed by atoms with Crippen molar-refractivity contribution in [3.05, 3.63) is 35.9 Å². The molecule has 0 saturated heterocycles. The number of carbonyl (C=O) groups is 1. The first-order chi connectivity index (χ1) is 6.91. The number of Topliss-reactive ketones (excluding diaryl/α,β-unsaturated/α-hetero) is 1. The van der Waals surface area contributed by atoms with Crippen LogP contribution >= 0.6 is 0 Å². The maximum Gasteiger partial charge on any atom is 0.154 e. The summed E-state index contributed by atoms with van der Waals surface area (Å²) in [5.74, 6) is 0.105. The Morgan fingerprint density at radius 1 is 1.27 bits per heavy atom. The molecule has 1 atom stereocenters. The second-order valence-electron chi connectivity index (χ2n) is 4.97. The molecule has 2 heteroatoms. The third-order valence-electron chi connectivity index (χ3n) is 2.50. The molecule has 0 fully saturated rings. The average Bonchev–Trinajstić information content (AvgIpc) is 2.16. The van der Waals surface area contributed by atoms with Crippen LogP contribution in [-0.2, 0) is 11.2 Å². The zero-order chi connectivity index (χ0) is 11.5. The molecular weight excluding hydrogens is 186 g/mol. The van der Waals surface area contributed by atoms with Crippen molar-refractivity contribution in [1.29, 1.82) is 0 Å². The minimum absolute atomic E-state index is 0.105. The van der Waals surface area contributed by atoms with E-state index in [0.29, 0.717) is 6.42 Å². The summed E-state index contributed by atoms with van der Waals surface area (Å²) in [4.78, 5) is 11.8. The van der Waals surface area contributed by atoms with E-state index in [1.54, 1.807) is 0 Å². The van der Waals surface area contributed by atoms with E-state index in [1.165, 1.54) is 0 Å². The van der Waals surface area contributed by atoms with Gasteiger partial charge in [0, 0.05) is 6.42 Å². The van der Waals surface area contributed by atoms with E-state index in [1.807, 2.05) is 51.1 Å². The third-order valence-corrected chi connectivity index (χ3v) is 2.50. The van der Waals surface area contributed by atoms with Crippen molar-refractivity contribution in [3.63, 3.8) is 0 Å². The summed E-state index contributed by atoms with van der Waals surface area (Å²) in [7, 11) is 0. The number of benzene rings is 1. The molecule has 0 radical (unpaired) electrons. The van der Waals surface area contributed by atoms with Crippen molar-refractivity contribution in [2.24, 2.45) is 11.1 Å². The van der Waals surface area contributed by atoms with Crippen LogP contribution < -0.4 is 5.73 Å². The topological polar surface area (TPSA) is 43.1 Å². The summed E-state index contributed by atoms with van der Waals surface area (Å²) in [6.45, 7) is 5.96. The number of rotatable bonds is 3. The maximum atomic E-state index is 11.8. The monoisotopic (exact) mass is 205 g/mol. The smallest absolute Gasteiger partial charge is 0.154 e. The van der Waals surface area contributed by atoms with Crippen LogP contribution in [-0.4, -0.2) is 11.8 Å². The molecule has 0 saturated carbocycles. The average molecular weight is 205 g/mol. The van der Waals surface area contributed by atoms with Crippen LogP contribution in [0.25, 0.3) is 0 Å². The van der Waals surface area contributed by atoms with E-state index >= 15 is 0 Å². The molecule has 1 aromatic rings. The zero-order valence-corrected chi connectivity index (χ0v) is 9.66.